The van der Waals surface area contributed by atoms with Crippen LogP contribution >= 0.6 is 0 Å². The maximum atomic E-state index is 13.9. The number of ether oxygens (including phenoxy) is 1. The molecule has 2 N–H and O–H groups in total. The molecular formula is C27H27FN2O3. The van der Waals surface area contributed by atoms with Crippen LogP contribution in [0.25, 0.3) is 0 Å². The van der Waals surface area contributed by atoms with Gasteiger partial charge in [0.15, 0.2) is 0 Å². The van der Waals surface area contributed by atoms with Gasteiger partial charge in [0.2, 0.25) is 5.91 Å². The van der Waals surface area contributed by atoms with E-state index in [-0.39, 0.29) is 23.4 Å². The molecular weight excluding hydrogens is 419 g/mol. The summed E-state index contributed by atoms with van der Waals surface area (Å²) in [6.45, 7) is 2.32. The maximum absolute atomic E-state index is 13.9. The number of hydrogen-bond acceptors (Lipinski definition) is 3. The number of anilines is 1. The van der Waals surface area contributed by atoms with Crippen LogP contribution in [0.4, 0.5) is 10.1 Å². The van der Waals surface area contributed by atoms with Gasteiger partial charge in [-0.15, -0.1) is 0 Å². The topological polar surface area (TPSA) is 67.4 Å². The summed E-state index contributed by atoms with van der Waals surface area (Å²) in [5, 5.41) is 5.82. The van der Waals surface area contributed by atoms with Crippen LogP contribution in [0.5, 0.6) is 5.75 Å². The van der Waals surface area contributed by atoms with Crippen molar-refractivity contribution in [3.8, 4) is 5.75 Å². The van der Waals surface area contributed by atoms with E-state index in [1.807, 2.05) is 25.1 Å². The van der Waals surface area contributed by atoms with Crippen molar-refractivity contribution in [3.05, 3.63) is 95.3 Å². The second-order valence-electron chi connectivity index (χ2n) is 8.40. The zero-order valence-corrected chi connectivity index (χ0v) is 18.5. The van der Waals surface area contributed by atoms with Crippen molar-refractivity contribution < 1.29 is 18.7 Å². The Morgan fingerprint density at radius 1 is 1.06 bits per heavy atom. The average molecular weight is 447 g/mol. The molecule has 4 rings (SSSR count). The smallest absolute Gasteiger partial charge is 0.258 e. The molecule has 2 amide bonds. The van der Waals surface area contributed by atoms with Gasteiger partial charge in [-0.05, 0) is 67.6 Å². The predicted molar refractivity (Wildman–Crippen MR) is 126 cm³/mol. The second-order valence-corrected chi connectivity index (χ2v) is 8.40. The SMILES string of the molecule is C[C@@H](CCc1ccccc1)NC(=O)[C@@H]1COc2ccc(NC(=O)c3ccccc3F)cc2C1. The third-order valence-electron chi connectivity index (χ3n) is 5.81. The minimum Gasteiger partial charge on any atom is -0.492 e. The number of aryl methyl sites for hydroxylation is 1. The normalized spacial score (nSPS) is 15.6. The highest BCUT2D eigenvalue weighted by atomic mass is 19.1. The zero-order chi connectivity index (χ0) is 23.2. The highest BCUT2D eigenvalue weighted by molar-refractivity contribution is 6.04. The Hall–Kier alpha value is -3.67. The first kappa shape index (κ1) is 22.5. The summed E-state index contributed by atoms with van der Waals surface area (Å²) in [7, 11) is 0. The minimum atomic E-state index is -0.575. The van der Waals surface area contributed by atoms with Crippen molar-refractivity contribution in [2.75, 3.05) is 11.9 Å². The first-order chi connectivity index (χ1) is 16.0. The average Bonchev–Trinajstić information content (AvgIpc) is 2.83. The van der Waals surface area contributed by atoms with Crippen molar-refractivity contribution in [3.63, 3.8) is 0 Å². The van der Waals surface area contributed by atoms with Crippen molar-refractivity contribution in [1.82, 2.24) is 5.32 Å². The number of rotatable bonds is 7. The van der Waals surface area contributed by atoms with Gasteiger partial charge in [-0.25, -0.2) is 4.39 Å². The van der Waals surface area contributed by atoms with Gasteiger partial charge in [0.1, 0.15) is 18.2 Å². The lowest BCUT2D eigenvalue weighted by atomic mass is 9.95. The molecule has 0 bridgehead atoms. The molecule has 3 aromatic carbocycles. The van der Waals surface area contributed by atoms with E-state index in [0.717, 1.165) is 18.4 Å². The second kappa shape index (κ2) is 10.3. The number of halogens is 1. The lowest BCUT2D eigenvalue weighted by Gasteiger charge is -2.26. The van der Waals surface area contributed by atoms with Crippen LogP contribution in [-0.4, -0.2) is 24.5 Å². The van der Waals surface area contributed by atoms with E-state index in [1.165, 1.54) is 23.8 Å². The van der Waals surface area contributed by atoms with Gasteiger partial charge in [0, 0.05) is 11.7 Å². The Morgan fingerprint density at radius 3 is 2.61 bits per heavy atom. The molecule has 0 radical (unpaired) electrons. The Morgan fingerprint density at radius 2 is 1.82 bits per heavy atom. The third-order valence-corrected chi connectivity index (χ3v) is 5.81. The quantitative estimate of drug-likeness (QED) is 0.550. The summed E-state index contributed by atoms with van der Waals surface area (Å²) in [4.78, 5) is 25.2. The van der Waals surface area contributed by atoms with Gasteiger partial charge in [-0.3, -0.25) is 9.59 Å². The van der Waals surface area contributed by atoms with Crippen LogP contribution in [0.3, 0.4) is 0 Å². The largest absolute Gasteiger partial charge is 0.492 e. The van der Waals surface area contributed by atoms with E-state index in [9.17, 15) is 14.0 Å². The zero-order valence-electron chi connectivity index (χ0n) is 18.5. The number of nitrogens with one attached hydrogen (secondary N) is 2. The van der Waals surface area contributed by atoms with Crippen LogP contribution in [0, 0.1) is 11.7 Å². The first-order valence-electron chi connectivity index (χ1n) is 11.2. The third kappa shape index (κ3) is 5.77. The Labute approximate surface area is 193 Å². The number of hydrogen-bond donors (Lipinski definition) is 2. The highest BCUT2D eigenvalue weighted by Gasteiger charge is 2.27. The van der Waals surface area contributed by atoms with Crippen molar-refractivity contribution >= 4 is 17.5 Å². The van der Waals surface area contributed by atoms with E-state index >= 15 is 0 Å². The monoisotopic (exact) mass is 446 g/mol. The van der Waals surface area contributed by atoms with Crippen molar-refractivity contribution in [1.29, 1.82) is 0 Å². The standard InChI is InChI=1S/C27H27FN2O3/c1-18(11-12-19-7-3-2-4-8-19)29-26(31)21-15-20-16-22(13-14-25(20)33-17-21)30-27(32)23-9-5-6-10-24(23)28/h2-10,13-14,16,18,21H,11-12,15,17H2,1H3,(H,29,31)(H,30,32)/t18-,21-/m0/s1. The molecule has 0 unspecified atom stereocenters. The van der Waals surface area contributed by atoms with Crippen LogP contribution in [0.1, 0.15) is 34.8 Å². The molecule has 1 aliphatic rings. The summed E-state index contributed by atoms with van der Waals surface area (Å²) in [5.74, 6) is -0.753. The van der Waals surface area contributed by atoms with E-state index in [2.05, 4.69) is 22.8 Å². The van der Waals surface area contributed by atoms with Crippen LogP contribution in [0.2, 0.25) is 0 Å². The fraction of sp³-hybridized carbons (Fsp3) is 0.259. The Kier molecular flexibility index (Phi) is 7.03. The van der Waals surface area contributed by atoms with E-state index < -0.39 is 11.7 Å². The van der Waals surface area contributed by atoms with Gasteiger partial charge in [-0.2, -0.15) is 0 Å². The number of benzene rings is 3. The summed E-state index contributed by atoms with van der Waals surface area (Å²) in [6.07, 6.45) is 2.26. The molecule has 0 saturated carbocycles. The van der Waals surface area contributed by atoms with Gasteiger partial charge in [0.05, 0.1) is 11.5 Å². The van der Waals surface area contributed by atoms with E-state index in [1.54, 1.807) is 24.3 Å². The Balaban J connectivity index is 1.34. The summed E-state index contributed by atoms with van der Waals surface area (Å²) >= 11 is 0. The van der Waals surface area contributed by atoms with E-state index in [0.29, 0.717) is 24.5 Å². The molecule has 0 saturated heterocycles. The minimum absolute atomic E-state index is 0.0202. The molecule has 0 fully saturated rings. The molecule has 0 aromatic heterocycles. The van der Waals surface area contributed by atoms with Crippen LogP contribution in [-0.2, 0) is 17.6 Å². The number of amides is 2. The molecule has 3 aromatic rings. The lowest BCUT2D eigenvalue weighted by Crippen LogP contribution is -2.41. The predicted octanol–water partition coefficient (Wildman–Crippen LogP) is 4.77. The molecule has 1 heterocycles. The number of carbonyl (C=O) groups is 2. The molecule has 170 valence electrons. The molecule has 6 heteroatoms. The first-order valence-corrected chi connectivity index (χ1v) is 11.2. The fourth-order valence-corrected chi connectivity index (χ4v) is 3.95. The van der Waals surface area contributed by atoms with Crippen LogP contribution < -0.4 is 15.4 Å². The molecule has 2 atom stereocenters. The molecule has 5 nitrogen and oxygen atoms in total. The van der Waals surface area contributed by atoms with Crippen molar-refractivity contribution in [2.24, 2.45) is 5.92 Å². The number of fused-ring (bicyclic) bond motifs is 1. The lowest BCUT2D eigenvalue weighted by molar-refractivity contribution is -0.126. The summed E-state index contributed by atoms with van der Waals surface area (Å²) < 4.78 is 19.7. The van der Waals surface area contributed by atoms with Crippen LogP contribution in [0.15, 0.2) is 72.8 Å². The summed E-state index contributed by atoms with van der Waals surface area (Å²) in [5.41, 5.74) is 2.60. The van der Waals surface area contributed by atoms with E-state index in [4.69, 9.17) is 4.74 Å². The van der Waals surface area contributed by atoms with Gasteiger partial charge in [0.25, 0.3) is 5.91 Å². The molecule has 1 aliphatic heterocycles. The highest BCUT2D eigenvalue weighted by Crippen LogP contribution is 2.30. The maximum Gasteiger partial charge on any atom is 0.258 e. The summed E-state index contributed by atoms with van der Waals surface area (Å²) in [6, 6.07) is 21.3. The van der Waals surface area contributed by atoms with Gasteiger partial charge in [-0.1, -0.05) is 42.5 Å². The van der Waals surface area contributed by atoms with Gasteiger partial charge < -0.3 is 15.4 Å². The Bertz CT molecular complexity index is 1130. The molecule has 0 spiro atoms. The number of carbonyl (C=O) groups excluding carboxylic acids is 2. The molecule has 33 heavy (non-hydrogen) atoms. The molecule has 0 aliphatic carbocycles. The van der Waals surface area contributed by atoms with Crippen molar-refractivity contribution in [2.45, 2.75) is 32.2 Å². The fourth-order valence-electron chi connectivity index (χ4n) is 3.95. The van der Waals surface area contributed by atoms with Gasteiger partial charge >= 0.3 is 0 Å².